The second-order valence-electron chi connectivity index (χ2n) is 7.30. The molecule has 0 saturated heterocycles. The zero-order chi connectivity index (χ0) is 16.4. The van der Waals surface area contributed by atoms with Crippen LogP contribution in [-0.2, 0) is 17.4 Å². The highest BCUT2D eigenvalue weighted by molar-refractivity contribution is 7.84. The van der Waals surface area contributed by atoms with E-state index >= 15 is 0 Å². The molecule has 0 aliphatic heterocycles. The van der Waals surface area contributed by atoms with Crippen molar-refractivity contribution in [2.45, 2.75) is 50.3 Å². The smallest absolute Gasteiger partial charge is 0.0972 e. The van der Waals surface area contributed by atoms with Gasteiger partial charge >= 0.3 is 0 Å². The number of fused-ring (bicyclic) bond motifs is 1. The van der Waals surface area contributed by atoms with Gasteiger partial charge in [-0.2, -0.15) is 0 Å². The molecule has 23 heavy (non-hydrogen) atoms. The Hall–Kier alpha value is -1.45. The van der Waals surface area contributed by atoms with E-state index < -0.39 is 11.0 Å². The van der Waals surface area contributed by atoms with Crippen LogP contribution in [0.25, 0.3) is 0 Å². The highest BCUT2D eigenvalue weighted by Crippen LogP contribution is 2.36. The summed E-state index contributed by atoms with van der Waals surface area (Å²) in [4.78, 5) is 0. The molecule has 0 radical (unpaired) electrons. The van der Waals surface area contributed by atoms with Gasteiger partial charge in [0, 0.05) is 12.0 Å². The van der Waals surface area contributed by atoms with Crippen LogP contribution < -0.4 is 4.72 Å². The maximum Gasteiger partial charge on any atom is 0.0972 e. The molecule has 0 unspecified atom stereocenters. The average Bonchev–Trinajstić information content (AvgIpc) is 2.54. The Labute approximate surface area is 141 Å². The van der Waals surface area contributed by atoms with Crippen LogP contribution in [-0.4, -0.2) is 15.0 Å². The maximum atomic E-state index is 12.5. The largest absolute Gasteiger partial charge is 0.242 e. The zero-order valence-corrected chi connectivity index (χ0v) is 14.9. The number of benzene rings is 2. The molecule has 3 rings (SSSR count). The Morgan fingerprint density at radius 3 is 2.35 bits per heavy atom. The van der Waals surface area contributed by atoms with Gasteiger partial charge in [0.2, 0.25) is 0 Å². The molecule has 3 heteroatoms. The number of hydrogen-bond acceptors (Lipinski definition) is 1. The first-order valence-corrected chi connectivity index (χ1v) is 9.41. The molecule has 1 aliphatic carbocycles. The molecule has 2 aromatic rings. The molecule has 2 aromatic carbocycles. The molecule has 0 bridgehead atoms. The van der Waals surface area contributed by atoms with Gasteiger partial charge in [-0.15, -0.1) is 0 Å². The van der Waals surface area contributed by atoms with Crippen LogP contribution in [0.15, 0.2) is 54.6 Å². The Kier molecular flexibility index (Phi) is 4.69. The van der Waals surface area contributed by atoms with Crippen molar-refractivity contribution in [1.29, 1.82) is 0 Å². The van der Waals surface area contributed by atoms with Crippen LogP contribution in [0, 0.1) is 0 Å². The van der Waals surface area contributed by atoms with E-state index in [4.69, 9.17) is 0 Å². The van der Waals surface area contributed by atoms with E-state index in [1.54, 1.807) is 0 Å². The van der Waals surface area contributed by atoms with E-state index in [9.17, 15) is 4.21 Å². The fourth-order valence-corrected chi connectivity index (χ4v) is 4.08. The summed E-state index contributed by atoms with van der Waals surface area (Å²) >= 11 is 0. The molecule has 0 fully saturated rings. The van der Waals surface area contributed by atoms with Crippen molar-refractivity contribution in [3.8, 4) is 0 Å². The summed E-state index contributed by atoms with van der Waals surface area (Å²) in [6.07, 6.45) is 1.93. The van der Waals surface area contributed by atoms with Gasteiger partial charge in [0.1, 0.15) is 0 Å². The van der Waals surface area contributed by atoms with Gasteiger partial charge in [0.15, 0.2) is 0 Å². The molecule has 0 amide bonds. The number of hydrogen-bond donors (Lipinski definition) is 1. The molecule has 1 aliphatic rings. The van der Waals surface area contributed by atoms with Gasteiger partial charge in [0.05, 0.1) is 15.7 Å². The van der Waals surface area contributed by atoms with Crippen LogP contribution in [0.2, 0.25) is 0 Å². The van der Waals surface area contributed by atoms with Gasteiger partial charge in [-0.05, 0) is 50.3 Å². The molecule has 1 N–H and O–H groups in total. The van der Waals surface area contributed by atoms with Crippen LogP contribution in [0.4, 0.5) is 0 Å². The van der Waals surface area contributed by atoms with E-state index in [0.717, 1.165) is 12.8 Å². The topological polar surface area (TPSA) is 29.1 Å². The molecule has 0 spiro atoms. The van der Waals surface area contributed by atoms with Crippen molar-refractivity contribution in [2.24, 2.45) is 0 Å². The second-order valence-corrected chi connectivity index (χ2v) is 9.30. The van der Waals surface area contributed by atoms with Crippen molar-refractivity contribution in [3.05, 3.63) is 71.3 Å². The third kappa shape index (κ3) is 3.73. The number of rotatable bonds is 3. The summed E-state index contributed by atoms with van der Waals surface area (Å²) in [6, 6.07) is 19.6. The minimum absolute atomic E-state index is 0.237. The summed E-state index contributed by atoms with van der Waals surface area (Å²) < 4.78 is 15.6. The van der Waals surface area contributed by atoms with Gasteiger partial charge in [0.25, 0.3) is 0 Å². The van der Waals surface area contributed by atoms with Gasteiger partial charge < -0.3 is 0 Å². The Bertz CT molecular complexity index is 690. The maximum absolute atomic E-state index is 12.5. The molecular formula is C20H25NOS. The van der Waals surface area contributed by atoms with Crippen molar-refractivity contribution >= 4 is 11.0 Å². The fraction of sp³-hybridized carbons (Fsp3) is 0.400. The molecular weight excluding hydrogens is 302 g/mol. The SMILES string of the molecule is CC(C)(C)[S@@](=O)N[C@@H]1Cc2ccccc2[C@@H](c2ccccc2)C1. The van der Waals surface area contributed by atoms with E-state index in [-0.39, 0.29) is 10.8 Å². The summed E-state index contributed by atoms with van der Waals surface area (Å²) in [7, 11) is -1.03. The summed E-state index contributed by atoms with van der Waals surface area (Å²) in [5, 5.41) is 0. The van der Waals surface area contributed by atoms with Crippen molar-refractivity contribution in [1.82, 2.24) is 4.72 Å². The van der Waals surface area contributed by atoms with Crippen molar-refractivity contribution in [3.63, 3.8) is 0 Å². The van der Waals surface area contributed by atoms with E-state index in [1.165, 1.54) is 16.7 Å². The quantitative estimate of drug-likeness (QED) is 0.900. The lowest BCUT2D eigenvalue weighted by atomic mass is 9.77. The van der Waals surface area contributed by atoms with Crippen LogP contribution in [0.5, 0.6) is 0 Å². The Balaban J connectivity index is 1.89. The van der Waals surface area contributed by atoms with E-state index in [0.29, 0.717) is 5.92 Å². The average molecular weight is 327 g/mol. The predicted octanol–water partition coefficient (Wildman–Crippen LogP) is 4.19. The summed E-state index contributed by atoms with van der Waals surface area (Å²) in [6.45, 7) is 6.05. The van der Waals surface area contributed by atoms with Crippen LogP contribution >= 0.6 is 0 Å². The molecule has 2 nitrogen and oxygen atoms in total. The van der Waals surface area contributed by atoms with Crippen molar-refractivity contribution < 1.29 is 4.21 Å². The highest BCUT2D eigenvalue weighted by atomic mass is 32.2. The molecule has 0 saturated carbocycles. The lowest BCUT2D eigenvalue weighted by molar-refractivity contribution is 0.492. The summed E-state index contributed by atoms with van der Waals surface area (Å²) in [5.41, 5.74) is 4.13. The first-order valence-electron chi connectivity index (χ1n) is 8.26. The normalized spacial score (nSPS) is 22.4. The third-order valence-corrected chi connectivity index (χ3v) is 6.11. The second kappa shape index (κ2) is 6.58. The fourth-order valence-electron chi connectivity index (χ4n) is 3.24. The van der Waals surface area contributed by atoms with Gasteiger partial charge in [-0.25, -0.2) is 8.93 Å². The van der Waals surface area contributed by atoms with Gasteiger partial charge in [-0.3, -0.25) is 0 Å². The monoisotopic (exact) mass is 327 g/mol. The molecule has 0 aromatic heterocycles. The highest BCUT2D eigenvalue weighted by Gasteiger charge is 2.30. The molecule has 122 valence electrons. The first-order chi connectivity index (χ1) is 10.9. The van der Waals surface area contributed by atoms with Crippen molar-refractivity contribution in [2.75, 3.05) is 0 Å². The predicted molar refractivity (Wildman–Crippen MR) is 97.9 cm³/mol. The lowest BCUT2D eigenvalue weighted by Gasteiger charge is -2.33. The first kappa shape index (κ1) is 16.4. The minimum Gasteiger partial charge on any atom is -0.242 e. The Morgan fingerprint density at radius 2 is 1.65 bits per heavy atom. The van der Waals surface area contributed by atoms with E-state index in [2.05, 4.69) is 59.3 Å². The zero-order valence-electron chi connectivity index (χ0n) is 14.1. The van der Waals surface area contributed by atoms with E-state index in [1.807, 2.05) is 20.8 Å². The molecule has 0 heterocycles. The van der Waals surface area contributed by atoms with Crippen LogP contribution in [0.3, 0.4) is 0 Å². The number of nitrogens with one attached hydrogen (secondary N) is 1. The minimum atomic E-state index is -1.03. The third-order valence-electron chi connectivity index (χ3n) is 4.45. The standard InChI is InChI=1S/C20H25NOS/c1-20(2,3)23(22)21-17-13-16-11-7-8-12-18(16)19(14-17)15-9-5-4-6-10-15/h4-12,17,19,21H,13-14H2,1-3H3/t17-,19-,23-/m1/s1. The van der Waals surface area contributed by atoms with Gasteiger partial charge in [-0.1, -0.05) is 54.6 Å². The lowest BCUT2D eigenvalue weighted by Crippen LogP contribution is -2.43. The molecule has 3 atom stereocenters. The van der Waals surface area contributed by atoms with Crippen LogP contribution in [0.1, 0.15) is 49.8 Å². The Morgan fingerprint density at radius 1 is 1.00 bits per heavy atom. The summed E-state index contributed by atoms with van der Waals surface area (Å²) in [5.74, 6) is 0.371.